The van der Waals surface area contributed by atoms with Crippen LogP contribution in [0.15, 0.2) is 12.4 Å². The van der Waals surface area contributed by atoms with Gasteiger partial charge in [0.2, 0.25) is 0 Å². The number of nitrogen functional groups attached to an aromatic ring is 1. The van der Waals surface area contributed by atoms with Gasteiger partial charge in [-0.3, -0.25) is 0 Å². The monoisotopic (exact) mass is 194 g/mol. The first kappa shape index (κ1) is 8.25. The van der Waals surface area contributed by atoms with E-state index >= 15 is 0 Å². The number of hydrogen-bond acceptors (Lipinski definition) is 4. The summed E-state index contributed by atoms with van der Waals surface area (Å²) in [5.74, 6) is 0.923. The Morgan fingerprint density at radius 3 is 2.77 bits per heavy atom. The molecule has 2 rings (SSSR count). The Morgan fingerprint density at radius 2 is 2.31 bits per heavy atom. The number of thiazole rings is 1. The fourth-order valence-electron chi connectivity index (χ4n) is 1.21. The number of aryl methyl sites for hydroxylation is 2. The largest absolute Gasteiger partial charge is 0.375 e. The zero-order valence-electron chi connectivity index (χ0n) is 7.48. The van der Waals surface area contributed by atoms with E-state index in [1.54, 1.807) is 6.20 Å². The van der Waals surface area contributed by atoms with Crippen LogP contribution in [0.25, 0.3) is 10.7 Å². The Morgan fingerprint density at radius 1 is 1.54 bits per heavy atom. The number of imidazole rings is 1. The van der Waals surface area contributed by atoms with E-state index in [0.29, 0.717) is 5.13 Å². The van der Waals surface area contributed by atoms with Crippen molar-refractivity contribution >= 4 is 16.5 Å². The maximum atomic E-state index is 5.61. The number of nitrogens with zero attached hydrogens (tertiary/aromatic N) is 3. The highest BCUT2D eigenvalue weighted by Crippen LogP contribution is 2.29. The van der Waals surface area contributed by atoms with Gasteiger partial charge in [0.25, 0.3) is 0 Å². The average molecular weight is 194 g/mol. The molecule has 0 bridgehead atoms. The lowest BCUT2D eigenvalue weighted by atomic mass is 10.4. The van der Waals surface area contributed by atoms with Crippen LogP contribution in [0.2, 0.25) is 0 Å². The molecule has 2 aromatic heterocycles. The lowest BCUT2D eigenvalue weighted by Crippen LogP contribution is -1.90. The molecule has 0 radical (unpaired) electrons. The maximum Gasteiger partial charge on any atom is 0.180 e. The lowest BCUT2D eigenvalue weighted by Gasteiger charge is -1.97. The summed E-state index contributed by atoms with van der Waals surface area (Å²) in [6, 6.07) is 0. The number of nitrogens with two attached hydrogens (primary N) is 1. The summed E-state index contributed by atoms with van der Waals surface area (Å²) in [5, 5.41) is 0.593. The van der Waals surface area contributed by atoms with E-state index in [2.05, 4.69) is 9.97 Å². The highest BCUT2D eigenvalue weighted by molar-refractivity contribution is 7.18. The third-order valence-electron chi connectivity index (χ3n) is 1.84. The Hall–Kier alpha value is -1.36. The second kappa shape index (κ2) is 2.85. The molecular formula is C8H10N4S. The van der Waals surface area contributed by atoms with Crippen LogP contribution in [-0.4, -0.2) is 14.5 Å². The van der Waals surface area contributed by atoms with Crippen molar-refractivity contribution in [2.75, 3.05) is 5.73 Å². The molecule has 0 aromatic carbocycles. The molecule has 0 saturated carbocycles. The first-order chi connectivity index (χ1) is 6.18. The second-order valence-corrected chi connectivity index (χ2v) is 3.86. The Bertz CT molecular complexity index is 429. The first-order valence-corrected chi connectivity index (χ1v) is 4.70. The van der Waals surface area contributed by atoms with Crippen molar-refractivity contribution in [2.24, 2.45) is 7.05 Å². The predicted molar refractivity (Wildman–Crippen MR) is 53.5 cm³/mol. The van der Waals surface area contributed by atoms with E-state index in [1.165, 1.54) is 11.3 Å². The minimum Gasteiger partial charge on any atom is -0.375 e. The molecule has 5 heteroatoms. The molecule has 4 nitrogen and oxygen atoms in total. The van der Waals surface area contributed by atoms with Crippen molar-refractivity contribution in [1.29, 1.82) is 0 Å². The summed E-state index contributed by atoms with van der Waals surface area (Å²) < 4.78 is 1.96. The standard InChI is InChI=1S/C8H10N4S/c1-5-6(13-8(9)11-5)7-10-3-4-12(7)2/h3-4H,1-2H3,(H2,9,11). The van der Waals surface area contributed by atoms with Crippen LogP contribution < -0.4 is 5.73 Å². The predicted octanol–water partition coefficient (Wildman–Crippen LogP) is 1.43. The van der Waals surface area contributed by atoms with E-state index in [4.69, 9.17) is 5.73 Å². The highest BCUT2D eigenvalue weighted by Gasteiger charge is 2.11. The molecule has 0 aliphatic heterocycles. The summed E-state index contributed by atoms with van der Waals surface area (Å²) in [7, 11) is 1.96. The molecular weight excluding hydrogens is 184 g/mol. The van der Waals surface area contributed by atoms with E-state index in [1.807, 2.05) is 24.7 Å². The highest BCUT2D eigenvalue weighted by atomic mass is 32.1. The van der Waals surface area contributed by atoms with E-state index in [-0.39, 0.29) is 0 Å². The summed E-state index contributed by atoms with van der Waals surface area (Å²) in [5.41, 5.74) is 6.55. The number of hydrogen-bond donors (Lipinski definition) is 1. The molecule has 0 atom stereocenters. The van der Waals surface area contributed by atoms with Crippen LogP contribution in [0.5, 0.6) is 0 Å². The fourth-order valence-corrected chi connectivity index (χ4v) is 2.08. The summed E-state index contributed by atoms with van der Waals surface area (Å²) >= 11 is 1.47. The normalized spacial score (nSPS) is 10.6. The Kier molecular flexibility index (Phi) is 1.81. The van der Waals surface area contributed by atoms with Gasteiger partial charge in [0, 0.05) is 19.4 Å². The van der Waals surface area contributed by atoms with Gasteiger partial charge in [-0.25, -0.2) is 9.97 Å². The van der Waals surface area contributed by atoms with Crippen LogP contribution in [0.1, 0.15) is 5.69 Å². The van der Waals surface area contributed by atoms with Crippen LogP contribution in [0, 0.1) is 6.92 Å². The smallest absolute Gasteiger partial charge is 0.180 e. The lowest BCUT2D eigenvalue weighted by molar-refractivity contribution is 0.925. The van der Waals surface area contributed by atoms with E-state index in [9.17, 15) is 0 Å². The quantitative estimate of drug-likeness (QED) is 0.747. The van der Waals surface area contributed by atoms with Crippen LogP contribution in [0.3, 0.4) is 0 Å². The number of anilines is 1. The molecule has 2 N–H and O–H groups in total. The average Bonchev–Trinajstić information content (AvgIpc) is 2.58. The van der Waals surface area contributed by atoms with Gasteiger partial charge in [-0.05, 0) is 6.92 Å². The van der Waals surface area contributed by atoms with E-state index < -0.39 is 0 Å². The van der Waals surface area contributed by atoms with Crippen LogP contribution in [0.4, 0.5) is 5.13 Å². The molecule has 13 heavy (non-hydrogen) atoms. The molecule has 0 aliphatic carbocycles. The van der Waals surface area contributed by atoms with Crippen LogP contribution >= 0.6 is 11.3 Å². The number of rotatable bonds is 1. The second-order valence-electron chi connectivity index (χ2n) is 2.83. The maximum absolute atomic E-state index is 5.61. The van der Waals surface area contributed by atoms with Gasteiger partial charge < -0.3 is 10.3 Å². The molecule has 0 amide bonds. The molecule has 68 valence electrons. The van der Waals surface area contributed by atoms with Gasteiger partial charge >= 0.3 is 0 Å². The molecule has 0 fully saturated rings. The van der Waals surface area contributed by atoms with Gasteiger partial charge in [0.05, 0.1) is 10.6 Å². The zero-order chi connectivity index (χ0) is 9.42. The van der Waals surface area contributed by atoms with Crippen molar-refractivity contribution < 1.29 is 0 Å². The minimum absolute atomic E-state index is 0.593. The Labute approximate surface area is 80.1 Å². The Balaban J connectivity index is 2.58. The molecule has 0 spiro atoms. The van der Waals surface area contributed by atoms with Crippen molar-refractivity contribution in [3.63, 3.8) is 0 Å². The molecule has 0 saturated heterocycles. The van der Waals surface area contributed by atoms with Crippen molar-refractivity contribution in [2.45, 2.75) is 6.92 Å². The van der Waals surface area contributed by atoms with Gasteiger partial charge in [0.15, 0.2) is 11.0 Å². The summed E-state index contributed by atoms with van der Waals surface area (Å²) in [4.78, 5) is 9.44. The molecule has 2 heterocycles. The van der Waals surface area contributed by atoms with Gasteiger partial charge in [-0.15, -0.1) is 0 Å². The minimum atomic E-state index is 0.593. The van der Waals surface area contributed by atoms with Crippen molar-refractivity contribution in [3.8, 4) is 10.7 Å². The van der Waals surface area contributed by atoms with Crippen LogP contribution in [-0.2, 0) is 7.05 Å². The zero-order valence-corrected chi connectivity index (χ0v) is 8.30. The number of aromatic nitrogens is 3. The molecule has 0 aliphatic rings. The third-order valence-corrected chi connectivity index (χ3v) is 2.82. The van der Waals surface area contributed by atoms with Gasteiger partial charge in [0.1, 0.15) is 0 Å². The van der Waals surface area contributed by atoms with Gasteiger partial charge in [-0.2, -0.15) is 0 Å². The van der Waals surface area contributed by atoms with Crippen molar-refractivity contribution in [3.05, 3.63) is 18.1 Å². The topological polar surface area (TPSA) is 56.7 Å². The molecule has 0 unspecified atom stereocenters. The van der Waals surface area contributed by atoms with Crippen molar-refractivity contribution in [1.82, 2.24) is 14.5 Å². The van der Waals surface area contributed by atoms with Gasteiger partial charge in [-0.1, -0.05) is 11.3 Å². The summed E-state index contributed by atoms with van der Waals surface area (Å²) in [6.07, 6.45) is 3.68. The summed E-state index contributed by atoms with van der Waals surface area (Å²) in [6.45, 7) is 1.94. The third kappa shape index (κ3) is 1.31. The SMILES string of the molecule is Cc1nc(N)sc1-c1nccn1C. The molecule has 2 aromatic rings. The van der Waals surface area contributed by atoms with E-state index in [0.717, 1.165) is 16.4 Å². The first-order valence-electron chi connectivity index (χ1n) is 3.89. The fraction of sp³-hybridized carbons (Fsp3) is 0.250.